The van der Waals surface area contributed by atoms with Gasteiger partial charge in [-0.3, -0.25) is 0 Å². The molecular formula is C15H18N4OS. The van der Waals surface area contributed by atoms with Crippen LogP contribution in [0.3, 0.4) is 0 Å². The standard InChI is InChI=1S/C15H18N4OS/c1-18(14-7-10-21-11-14)15(20)17-12-3-5-13(6-4-12)19-9-2-8-16-19/h2-6,8-9,14H,7,10-11H2,1H3,(H,17,20)/t14-/m1/s1. The van der Waals surface area contributed by atoms with E-state index in [1.165, 1.54) is 0 Å². The Kier molecular flexibility index (Phi) is 4.15. The zero-order chi connectivity index (χ0) is 14.7. The van der Waals surface area contributed by atoms with Gasteiger partial charge in [0.05, 0.1) is 5.69 Å². The number of rotatable bonds is 3. The zero-order valence-electron chi connectivity index (χ0n) is 11.9. The number of nitrogens with zero attached hydrogens (tertiary/aromatic N) is 3. The third-order valence-corrected chi connectivity index (χ3v) is 4.81. The lowest BCUT2D eigenvalue weighted by Gasteiger charge is -2.24. The Labute approximate surface area is 128 Å². The molecule has 0 spiro atoms. The van der Waals surface area contributed by atoms with E-state index in [0.717, 1.165) is 29.3 Å². The minimum absolute atomic E-state index is 0.0469. The second-order valence-electron chi connectivity index (χ2n) is 5.06. The highest BCUT2D eigenvalue weighted by atomic mass is 32.2. The van der Waals surface area contributed by atoms with Crippen molar-refractivity contribution < 1.29 is 4.79 Å². The summed E-state index contributed by atoms with van der Waals surface area (Å²) < 4.78 is 1.79. The number of carbonyl (C=O) groups is 1. The highest BCUT2D eigenvalue weighted by molar-refractivity contribution is 7.99. The lowest BCUT2D eigenvalue weighted by Crippen LogP contribution is -2.39. The molecule has 1 aromatic heterocycles. The van der Waals surface area contributed by atoms with E-state index in [1.807, 2.05) is 55.3 Å². The smallest absolute Gasteiger partial charge is 0.321 e. The van der Waals surface area contributed by atoms with E-state index in [1.54, 1.807) is 15.8 Å². The van der Waals surface area contributed by atoms with Gasteiger partial charge in [-0.05, 0) is 42.5 Å². The summed E-state index contributed by atoms with van der Waals surface area (Å²) in [6, 6.07) is 9.85. The van der Waals surface area contributed by atoms with Crippen molar-refractivity contribution in [3.05, 3.63) is 42.7 Å². The molecule has 21 heavy (non-hydrogen) atoms. The predicted molar refractivity (Wildman–Crippen MR) is 86.1 cm³/mol. The summed E-state index contributed by atoms with van der Waals surface area (Å²) >= 11 is 1.90. The lowest BCUT2D eigenvalue weighted by molar-refractivity contribution is 0.209. The summed E-state index contributed by atoms with van der Waals surface area (Å²) in [7, 11) is 1.87. The number of amides is 2. The molecule has 0 unspecified atom stereocenters. The number of hydrogen-bond donors (Lipinski definition) is 1. The van der Waals surface area contributed by atoms with Crippen LogP contribution >= 0.6 is 11.8 Å². The molecule has 1 aliphatic rings. The molecule has 3 rings (SSSR count). The van der Waals surface area contributed by atoms with Gasteiger partial charge in [0.15, 0.2) is 0 Å². The van der Waals surface area contributed by atoms with Crippen LogP contribution in [0.25, 0.3) is 5.69 Å². The molecule has 1 saturated heterocycles. The van der Waals surface area contributed by atoms with E-state index in [-0.39, 0.29) is 6.03 Å². The molecule has 1 aromatic carbocycles. The van der Waals surface area contributed by atoms with E-state index in [0.29, 0.717) is 6.04 Å². The minimum atomic E-state index is -0.0469. The van der Waals surface area contributed by atoms with Crippen molar-refractivity contribution in [1.29, 1.82) is 0 Å². The molecule has 0 aliphatic carbocycles. The van der Waals surface area contributed by atoms with Crippen molar-refractivity contribution in [2.75, 3.05) is 23.9 Å². The van der Waals surface area contributed by atoms with Gasteiger partial charge >= 0.3 is 6.03 Å². The summed E-state index contributed by atoms with van der Waals surface area (Å²) in [4.78, 5) is 14.0. The van der Waals surface area contributed by atoms with E-state index >= 15 is 0 Å². The maximum Gasteiger partial charge on any atom is 0.321 e. The molecule has 0 radical (unpaired) electrons. The van der Waals surface area contributed by atoms with Gasteiger partial charge in [0, 0.05) is 36.9 Å². The number of thioether (sulfide) groups is 1. The lowest BCUT2D eigenvalue weighted by atomic mass is 10.2. The Morgan fingerprint density at radius 1 is 1.43 bits per heavy atom. The molecule has 1 fully saturated rings. The first-order chi connectivity index (χ1) is 10.2. The zero-order valence-corrected chi connectivity index (χ0v) is 12.7. The average Bonchev–Trinajstić information content (AvgIpc) is 3.20. The fraction of sp³-hybridized carbons (Fsp3) is 0.333. The first-order valence-electron chi connectivity index (χ1n) is 6.96. The number of anilines is 1. The molecule has 2 amide bonds. The van der Waals surface area contributed by atoms with Crippen molar-refractivity contribution >= 4 is 23.5 Å². The van der Waals surface area contributed by atoms with E-state index in [2.05, 4.69) is 10.4 Å². The summed E-state index contributed by atoms with van der Waals surface area (Å²) in [5.41, 5.74) is 1.77. The van der Waals surface area contributed by atoms with Crippen LogP contribution in [0.4, 0.5) is 10.5 Å². The largest absolute Gasteiger partial charge is 0.324 e. The molecule has 1 aliphatic heterocycles. The second-order valence-corrected chi connectivity index (χ2v) is 6.21. The molecular weight excluding hydrogens is 284 g/mol. The molecule has 5 nitrogen and oxygen atoms in total. The molecule has 110 valence electrons. The van der Waals surface area contributed by atoms with Crippen LogP contribution in [-0.2, 0) is 0 Å². The van der Waals surface area contributed by atoms with E-state index in [4.69, 9.17) is 0 Å². The van der Waals surface area contributed by atoms with Gasteiger partial charge in [-0.25, -0.2) is 9.48 Å². The Morgan fingerprint density at radius 2 is 2.24 bits per heavy atom. The fourth-order valence-corrected chi connectivity index (χ4v) is 3.59. The number of benzene rings is 1. The fourth-order valence-electron chi connectivity index (χ4n) is 2.32. The molecule has 0 saturated carbocycles. The van der Waals surface area contributed by atoms with Crippen LogP contribution < -0.4 is 5.32 Å². The van der Waals surface area contributed by atoms with Gasteiger partial charge in [-0.15, -0.1) is 0 Å². The molecule has 2 heterocycles. The maximum absolute atomic E-state index is 12.2. The Morgan fingerprint density at radius 3 is 2.86 bits per heavy atom. The number of carbonyl (C=O) groups excluding carboxylic acids is 1. The summed E-state index contributed by atoms with van der Waals surface area (Å²) in [5.74, 6) is 2.17. The highest BCUT2D eigenvalue weighted by Crippen LogP contribution is 2.22. The normalized spacial score (nSPS) is 17.7. The Balaban J connectivity index is 1.63. The van der Waals surface area contributed by atoms with Crippen molar-refractivity contribution in [2.45, 2.75) is 12.5 Å². The first-order valence-corrected chi connectivity index (χ1v) is 8.11. The quantitative estimate of drug-likeness (QED) is 0.948. The summed E-state index contributed by atoms with van der Waals surface area (Å²) in [5, 5.41) is 7.12. The van der Waals surface area contributed by atoms with Crippen LogP contribution in [-0.4, -0.2) is 45.3 Å². The van der Waals surface area contributed by atoms with Crippen LogP contribution in [0, 0.1) is 0 Å². The van der Waals surface area contributed by atoms with Crippen LogP contribution in [0.15, 0.2) is 42.7 Å². The molecule has 2 aromatic rings. The van der Waals surface area contributed by atoms with Gasteiger partial charge < -0.3 is 10.2 Å². The minimum Gasteiger partial charge on any atom is -0.324 e. The van der Waals surface area contributed by atoms with Crippen molar-refractivity contribution in [3.8, 4) is 5.69 Å². The highest BCUT2D eigenvalue weighted by Gasteiger charge is 2.23. The number of urea groups is 1. The molecule has 6 heteroatoms. The van der Waals surface area contributed by atoms with Gasteiger partial charge in [-0.2, -0.15) is 16.9 Å². The predicted octanol–water partition coefficient (Wildman–Crippen LogP) is 2.84. The van der Waals surface area contributed by atoms with Gasteiger partial charge in [0.1, 0.15) is 0 Å². The molecule has 1 N–H and O–H groups in total. The third-order valence-electron chi connectivity index (χ3n) is 3.66. The molecule has 0 bridgehead atoms. The van der Waals surface area contributed by atoms with Crippen LogP contribution in [0.5, 0.6) is 0 Å². The number of hydrogen-bond acceptors (Lipinski definition) is 3. The average molecular weight is 302 g/mol. The third kappa shape index (κ3) is 3.21. The van der Waals surface area contributed by atoms with Gasteiger partial charge in [-0.1, -0.05) is 0 Å². The number of nitrogens with one attached hydrogen (secondary N) is 1. The van der Waals surface area contributed by atoms with Crippen LogP contribution in [0.2, 0.25) is 0 Å². The maximum atomic E-state index is 12.2. The van der Waals surface area contributed by atoms with Gasteiger partial charge in [0.2, 0.25) is 0 Å². The second kappa shape index (κ2) is 6.22. The first kappa shape index (κ1) is 14.0. The van der Waals surface area contributed by atoms with E-state index < -0.39 is 0 Å². The van der Waals surface area contributed by atoms with Crippen molar-refractivity contribution in [2.24, 2.45) is 0 Å². The summed E-state index contributed by atoms with van der Waals surface area (Å²) in [6.07, 6.45) is 4.70. The Hall–Kier alpha value is -1.95. The van der Waals surface area contributed by atoms with E-state index in [9.17, 15) is 4.79 Å². The Bertz CT molecular complexity index is 591. The van der Waals surface area contributed by atoms with Crippen molar-refractivity contribution in [1.82, 2.24) is 14.7 Å². The van der Waals surface area contributed by atoms with Gasteiger partial charge in [0.25, 0.3) is 0 Å². The molecule has 1 atom stereocenters. The number of aromatic nitrogens is 2. The topological polar surface area (TPSA) is 50.2 Å². The summed E-state index contributed by atoms with van der Waals surface area (Å²) in [6.45, 7) is 0. The SMILES string of the molecule is CN(C(=O)Nc1ccc(-n2cccn2)cc1)[C@@H]1CCSC1. The van der Waals surface area contributed by atoms with Crippen molar-refractivity contribution in [3.63, 3.8) is 0 Å². The monoisotopic (exact) mass is 302 g/mol. The van der Waals surface area contributed by atoms with Crippen LogP contribution in [0.1, 0.15) is 6.42 Å².